The molecule has 0 saturated heterocycles. The Labute approximate surface area is 98.1 Å². The van der Waals surface area contributed by atoms with Crippen LogP contribution in [-0.4, -0.2) is 16.1 Å². The average molecular weight is 226 g/mol. The first-order valence-corrected chi connectivity index (χ1v) is 5.03. The van der Waals surface area contributed by atoms with Crippen molar-refractivity contribution < 1.29 is 4.79 Å². The topological polar surface area (TPSA) is 81.6 Å². The summed E-state index contributed by atoms with van der Waals surface area (Å²) in [5.74, 6) is -0.336. The molecular weight excluding hydrogens is 216 g/mol. The molecule has 0 aliphatic carbocycles. The molecule has 0 aliphatic rings. The van der Waals surface area contributed by atoms with Crippen LogP contribution in [-0.2, 0) is 0 Å². The van der Waals surface area contributed by atoms with Gasteiger partial charge in [0.1, 0.15) is 6.07 Å². The van der Waals surface area contributed by atoms with Crippen LogP contribution in [0.3, 0.4) is 0 Å². The van der Waals surface area contributed by atoms with Gasteiger partial charge in [0, 0.05) is 5.69 Å². The van der Waals surface area contributed by atoms with E-state index in [1.54, 1.807) is 30.3 Å². The molecule has 1 heterocycles. The maximum Gasteiger partial charge on any atom is 0.276 e. The first kappa shape index (κ1) is 10.9. The molecule has 2 rings (SSSR count). The molecule has 0 unspecified atom stereocenters. The molecule has 0 fully saturated rings. The van der Waals surface area contributed by atoms with Crippen molar-refractivity contribution >= 4 is 11.6 Å². The molecule has 1 amide bonds. The maximum atomic E-state index is 11.8. The smallest absolute Gasteiger partial charge is 0.276 e. The second-order valence-corrected chi connectivity index (χ2v) is 3.55. The molecule has 17 heavy (non-hydrogen) atoms. The Kier molecular flexibility index (Phi) is 2.88. The summed E-state index contributed by atoms with van der Waals surface area (Å²) in [6.07, 6.45) is 0. The number of nitrogens with zero attached hydrogens (tertiary/aromatic N) is 2. The Morgan fingerprint density at radius 2 is 2.24 bits per heavy atom. The quantitative estimate of drug-likeness (QED) is 0.819. The minimum Gasteiger partial charge on any atom is -0.319 e. The van der Waals surface area contributed by atoms with Gasteiger partial charge in [-0.05, 0) is 25.1 Å². The number of amides is 1. The van der Waals surface area contributed by atoms with Crippen LogP contribution >= 0.6 is 0 Å². The van der Waals surface area contributed by atoms with E-state index < -0.39 is 0 Å². The van der Waals surface area contributed by atoms with E-state index in [2.05, 4.69) is 15.5 Å². The minimum atomic E-state index is -0.336. The monoisotopic (exact) mass is 226 g/mol. The lowest BCUT2D eigenvalue weighted by atomic mass is 10.2. The van der Waals surface area contributed by atoms with E-state index in [1.807, 2.05) is 13.0 Å². The summed E-state index contributed by atoms with van der Waals surface area (Å²) < 4.78 is 0. The van der Waals surface area contributed by atoms with Gasteiger partial charge in [-0.25, -0.2) is 0 Å². The van der Waals surface area contributed by atoms with Gasteiger partial charge in [0.05, 0.1) is 11.3 Å². The van der Waals surface area contributed by atoms with Crippen LogP contribution in [0.4, 0.5) is 5.69 Å². The summed E-state index contributed by atoms with van der Waals surface area (Å²) in [7, 11) is 0. The van der Waals surface area contributed by atoms with Crippen molar-refractivity contribution in [1.29, 1.82) is 5.26 Å². The van der Waals surface area contributed by atoms with Crippen molar-refractivity contribution in [3.8, 4) is 6.07 Å². The SMILES string of the molecule is Cc1cc(C(=O)Nc2ccccc2C#N)n[nH]1. The standard InChI is InChI=1S/C12H10N4O/c1-8-6-11(16-15-8)12(17)14-10-5-3-2-4-9(10)7-13/h2-6H,1H3,(H,14,17)(H,15,16). The zero-order valence-electron chi connectivity index (χ0n) is 9.19. The molecule has 0 aliphatic heterocycles. The number of rotatable bonds is 2. The molecule has 5 nitrogen and oxygen atoms in total. The average Bonchev–Trinajstić information content (AvgIpc) is 2.77. The summed E-state index contributed by atoms with van der Waals surface area (Å²) in [6, 6.07) is 10.5. The zero-order valence-corrected chi connectivity index (χ0v) is 9.19. The highest BCUT2D eigenvalue weighted by molar-refractivity contribution is 6.03. The van der Waals surface area contributed by atoms with Gasteiger partial charge >= 0.3 is 0 Å². The Morgan fingerprint density at radius 1 is 1.47 bits per heavy atom. The van der Waals surface area contributed by atoms with Crippen LogP contribution in [0.5, 0.6) is 0 Å². The molecule has 2 aromatic rings. The lowest BCUT2D eigenvalue weighted by Gasteiger charge is -2.04. The number of para-hydroxylation sites is 1. The zero-order chi connectivity index (χ0) is 12.3. The molecule has 1 aromatic heterocycles. The number of aryl methyl sites for hydroxylation is 1. The highest BCUT2D eigenvalue weighted by atomic mass is 16.1. The number of hydrogen-bond acceptors (Lipinski definition) is 3. The second-order valence-electron chi connectivity index (χ2n) is 3.55. The van der Waals surface area contributed by atoms with Crippen LogP contribution < -0.4 is 5.32 Å². The number of carbonyl (C=O) groups excluding carboxylic acids is 1. The van der Waals surface area contributed by atoms with Crippen molar-refractivity contribution in [3.63, 3.8) is 0 Å². The van der Waals surface area contributed by atoms with Crippen LogP contribution in [0.25, 0.3) is 0 Å². The number of anilines is 1. The number of carbonyl (C=O) groups is 1. The molecule has 2 N–H and O–H groups in total. The number of hydrogen-bond donors (Lipinski definition) is 2. The highest BCUT2D eigenvalue weighted by Crippen LogP contribution is 2.14. The van der Waals surface area contributed by atoms with Gasteiger partial charge in [-0.15, -0.1) is 0 Å². The normalized spacial score (nSPS) is 9.65. The first-order valence-electron chi connectivity index (χ1n) is 5.03. The van der Waals surface area contributed by atoms with E-state index in [-0.39, 0.29) is 5.91 Å². The summed E-state index contributed by atoms with van der Waals surface area (Å²) in [5.41, 5.74) is 2.02. The summed E-state index contributed by atoms with van der Waals surface area (Å²) in [5, 5.41) is 18.1. The van der Waals surface area contributed by atoms with E-state index >= 15 is 0 Å². The van der Waals surface area contributed by atoms with Crippen LogP contribution in [0.15, 0.2) is 30.3 Å². The third-order valence-electron chi connectivity index (χ3n) is 2.23. The van der Waals surface area contributed by atoms with Gasteiger partial charge in [-0.1, -0.05) is 12.1 Å². The predicted octanol–water partition coefficient (Wildman–Crippen LogP) is 1.84. The minimum absolute atomic E-state index is 0.301. The van der Waals surface area contributed by atoms with Crippen LogP contribution in [0, 0.1) is 18.3 Å². The fourth-order valence-corrected chi connectivity index (χ4v) is 1.41. The first-order chi connectivity index (χ1) is 8.20. The molecule has 0 bridgehead atoms. The summed E-state index contributed by atoms with van der Waals surface area (Å²) in [6.45, 7) is 1.81. The molecule has 0 spiro atoms. The Balaban J connectivity index is 2.22. The molecule has 0 atom stereocenters. The molecule has 1 aromatic carbocycles. The van der Waals surface area contributed by atoms with Gasteiger partial charge in [-0.2, -0.15) is 10.4 Å². The number of nitrogens with one attached hydrogen (secondary N) is 2. The number of aromatic amines is 1. The van der Waals surface area contributed by atoms with E-state index in [0.29, 0.717) is 16.9 Å². The number of aromatic nitrogens is 2. The van der Waals surface area contributed by atoms with E-state index in [0.717, 1.165) is 5.69 Å². The van der Waals surface area contributed by atoms with Crippen molar-refractivity contribution in [2.45, 2.75) is 6.92 Å². The molecule has 84 valence electrons. The predicted molar refractivity (Wildman–Crippen MR) is 62.4 cm³/mol. The fourth-order valence-electron chi connectivity index (χ4n) is 1.41. The Bertz CT molecular complexity index is 595. The van der Waals surface area contributed by atoms with Crippen LogP contribution in [0.2, 0.25) is 0 Å². The molecule has 0 radical (unpaired) electrons. The number of nitriles is 1. The fraction of sp³-hybridized carbons (Fsp3) is 0.0833. The van der Waals surface area contributed by atoms with Gasteiger partial charge < -0.3 is 5.32 Å². The Hall–Kier alpha value is -2.61. The number of benzene rings is 1. The summed E-state index contributed by atoms with van der Waals surface area (Å²) in [4.78, 5) is 11.8. The lowest BCUT2D eigenvalue weighted by molar-refractivity contribution is 0.102. The van der Waals surface area contributed by atoms with E-state index in [9.17, 15) is 4.79 Å². The van der Waals surface area contributed by atoms with Crippen molar-refractivity contribution in [3.05, 3.63) is 47.3 Å². The molecule has 5 heteroatoms. The highest BCUT2D eigenvalue weighted by Gasteiger charge is 2.11. The van der Waals surface area contributed by atoms with Crippen LogP contribution in [0.1, 0.15) is 21.7 Å². The number of H-pyrrole nitrogens is 1. The lowest BCUT2D eigenvalue weighted by Crippen LogP contribution is -2.13. The van der Waals surface area contributed by atoms with E-state index in [1.165, 1.54) is 0 Å². The molecule has 0 saturated carbocycles. The van der Waals surface area contributed by atoms with Gasteiger partial charge in [-0.3, -0.25) is 9.89 Å². The third kappa shape index (κ3) is 2.32. The third-order valence-corrected chi connectivity index (χ3v) is 2.23. The van der Waals surface area contributed by atoms with Crippen molar-refractivity contribution in [2.24, 2.45) is 0 Å². The maximum absolute atomic E-state index is 11.8. The largest absolute Gasteiger partial charge is 0.319 e. The van der Waals surface area contributed by atoms with Gasteiger partial charge in [0.15, 0.2) is 5.69 Å². The van der Waals surface area contributed by atoms with Crippen molar-refractivity contribution in [2.75, 3.05) is 5.32 Å². The molecular formula is C12H10N4O. The van der Waals surface area contributed by atoms with Gasteiger partial charge in [0.25, 0.3) is 5.91 Å². The van der Waals surface area contributed by atoms with E-state index in [4.69, 9.17) is 5.26 Å². The second kappa shape index (κ2) is 4.49. The Morgan fingerprint density at radius 3 is 2.88 bits per heavy atom. The summed E-state index contributed by atoms with van der Waals surface area (Å²) >= 11 is 0. The van der Waals surface area contributed by atoms with Gasteiger partial charge in [0.2, 0.25) is 0 Å². The van der Waals surface area contributed by atoms with Crippen molar-refractivity contribution in [1.82, 2.24) is 10.2 Å².